The lowest BCUT2D eigenvalue weighted by Gasteiger charge is -2.18. The van der Waals surface area contributed by atoms with Crippen molar-refractivity contribution in [3.05, 3.63) is 23.9 Å². The smallest absolute Gasteiger partial charge is 0.324 e. The molecule has 7 heteroatoms. The van der Waals surface area contributed by atoms with E-state index < -0.39 is 0 Å². The van der Waals surface area contributed by atoms with Gasteiger partial charge >= 0.3 is 6.03 Å². The van der Waals surface area contributed by atoms with E-state index in [1.165, 1.54) is 16.9 Å². The second kappa shape index (κ2) is 7.61. The Balaban J connectivity index is 1.35. The Morgan fingerprint density at radius 3 is 3.00 bits per heavy atom. The average Bonchev–Trinajstić information content (AvgIpc) is 3.14. The van der Waals surface area contributed by atoms with Crippen molar-refractivity contribution in [2.24, 2.45) is 5.92 Å². The molecule has 2 aliphatic heterocycles. The number of pyridine rings is 1. The highest BCUT2D eigenvalue weighted by molar-refractivity contribution is 6.01. The van der Waals surface area contributed by atoms with Crippen LogP contribution >= 0.6 is 0 Å². The lowest BCUT2D eigenvalue weighted by molar-refractivity contribution is -0.125. The van der Waals surface area contributed by atoms with Gasteiger partial charge in [-0.1, -0.05) is 0 Å². The Morgan fingerprint density at radius 2 is 2.25 bits per heavy atom. The number of nitrogens with zero attached hydrogens (tertiary/aromatic N) is 3. The molecule has 2 fully saturated rings. The highest BCUT2D eigenvalue weighted by Gasteiger charge is 2.28. The number of aromatic nitrogens is 1. The Kier molecular flexibility index (Phi) is 5.30. The first kappa shape index (κ1) is 16.7. The first-order chi connectivity index (χ1) is 11.6. The maximum absolute atomic E-state index is 11.5. The van der Waals surface area contributed by atoms with Crippen LogP contribution in [0.3, 0.4) is 0 Å². The van der Waals surface area contributed by atoms with Crippen LogP contribution in [0.4, 0.5) is 10.6 Å². The predicted octanol–water partition coefficient (Wildman–Crippen LogP) is 1.07. The molecule has 2 aliphatic rings. The molecule has 0 radical (unpaired) electrons. The number of aryl methyl sites for hydroxylation is 1. The van der Waals surface area contributed by atoms with E-state index in [1.54, 1.807) is 0 Å². The molecule has 130 valence electrons. The van der Waals surface area contributed by atoms with Crippen LogP contribution in [-0.4, -0.2) is 66.0 Å². The van der Waals surface area contributed by atoms with Gasteiger partial charge in [-0.2, -0.15) is 0 Å². The fraction of sp³-hybridized carbons (Fsp3) is 0.588. The minimum absolute atomic E-state index is 0.117. The number of amides is 3. The molecule has 0 bridgehead atoms. The number of carbonyl (C=O) groups is 2. The number of hydrogen-bond acceptors (Lipinski definition) is 5. The summed E-state index contributed by atoms with van der Waals surface area (Å²) >= 11 is 0. The number of likely N-dealkylation sites (tertiary alicyclic amines) is 1. The largest absolute Gasteiger partial charge is 0.370 e. The highest BCUT2D eigenvalue weighted by atomic mass is 16.2. The van der Waals surface area contributed by atoms with Crippen molar-refractivity contribution < 1.29 is 9.59 Å². The normalized spacial score (nSPS) is 21.4. The molecule has 3 heterocycles. The van der Waals surface area contributed by atoms with Crippen LogP contribution in [0.1, 0.15) is 18.4 Å². The summed E-state index contributed by atoms with van der Waals surface area (Å²) in [6, 6.07) is 3.80. The van der Waals surface area contributed by atoms with Crippen molar-refractivity contribution in [2.75, 3.05) is 44.6 Å². The van der Waals surface area contributed by atoms with E-state index in [0.717, 1.165) is 38.4 Å². The molecule has 0 aromatic carbocycles. The molecule has 0 spiro atoms. The maximum atomic E-state index is 11.5. The Labute approximate surface area is 142 Å². The van der Waals surface area contributed by atoms with Crippen LogP contribution < -0.4 is 10.6 Å². The minimum Gasteiger partial charge on any atom is -0.370 e. The molecule has 0 saturated carbocycles. The van der Waals surface area contributed by atoms with Gasteiger partial charge in [-0.05, 0) is 56.5 Å². The number of rotatable bonds is 7. The summed E-state index contributed by atoms with van der Waals surface area (Å²) in [5.41, 5.74) is 1.21. The number of nitrogens with one attached hydrogen (secondary N) is 2. The Morgan fingerprint density at radius 1 is 1.38 bits per heavy atom. The van der Waals surface area contributed by atoms with Crippen LogP contribution in [-0.2, 0) is 4.79 Å². The zero-order chi connectivity index (χ0) is 16.9. The minimum atomic E-state index is -0.255. The summed E-state index contributed by atoms with van der Waals surface area (Å²) in [5, 5.41) is 5.97. The first-order valence-electron chi connectivity index (χ1n) is 8.59. The van der Waals surface area contributed by atoms with Gasteiger partial charge in [0.15, 0.2) is 0 Å². The monoisotopic (exact) mass is 331 g/mol. The molecule has 2 saturated heterocycles. The van der Waals surface area contributed by atoms with Crippen molar-refractivity contribution in [2.45, 2.75) is 19.8 Å². The van der Waals surface area contributed by atoms with E-state index in [2.05, 4.69) is 33.5 Å². The van der Waals surface area contributed by atoms with Gasteiger partial charge in [0.2, 0.25) is 5.91 Å². The van der Waals surface area contributed by atoms with Gasteiger partial charge < -0.3 is 15.5 Å². The molecule has 2 N–H and O–H groups in total. The number of anilines is 1. The molecule has 1 aromatic rings. The molecular formula is C17H25N5O2. The fourth-order valence-electron chi connectivity index (χ4n) is 3.30. The first-order valence-corrected chi connectivity index (χ1v) is 8.59. The molecule has 3 amide bonds. The molecule has 1 atom stereocenters. The van der Waals surface area contributed by atoms with Crippen molar-refractivity contribution in [1.29, 1.82) is 0 Å². The third-order valence-electron chi connectivity index (χ3n) is 4.65. The molecular weight excluding hydrogens is 306 g/mol. The van der Waals surface area contributed by atoms with Gasteiger partial charge in [0.1, 0.15) is 5.82 Å². The van der Waals surface area contributed by atoms with Gasteiger partial charge in [-0.15, -0.1) is 0 Å². The molecule has 0 aliphatic carbocycles. The van der Waals surface area contributed by atoms with E-state index in [0.29, 0.717) is 12.5 Å². The number of hydrogen-bond donors (Lipinski definition) is 2. The van der Waals surface area contributed by atoms with Gasteiger partial charge in [0.25, 0.3) is 0 Å². The molecule has 24 heavy (non-hydrogen) atoms. The standard InChI is InChI=1S/C17H25N5O2/c1-13-3-5-18-15(9-13)19-10-14-4-8-21(12-14)6-2-7-22-16(23)11-20-17(22)24/h3,5,9,14H,2,4,6-8,10-12H2,1H3,(H,18,19)(H,20,24)/t14-/m0/s1. The van der Waals surface area contributed by atoms with E-state index in [1.807, 2.05) is 12.3 Å². The van der Waals surface area contributed by atoms with Crippen molar-refractivity contribution >= 4 is 17.8 Å². The summed E-state index contributed by atoms with van der Waals surface area (Å²) < 4.78 is 0. The Bertz CT molecular complexity index is 590. The number of carbonyl (C=O) groups excluding carboxylic acids is 2. The second-order valence-electron chi connectivity index (χ2n) is 6.61. The topological polar surface area (TPSA) is 77.6 Å². The van der Waals surface area contributed by atoms with E-state index in [4.69, 9.17) is 0 Å². The zero-order valence-electron chi connectivity index (χ0n) is 14.1. The van der Waals surface area contributed by atoms with E-state index >= 15 is 0 Å². The van der Waals surface area contributed by atoms with Gasteiger partial charge in [0, 0.05) is 25.8 Å². The SMILES string of the molecule is Cc1ccnc(NC[C@@H]2CCN(CCCN3C(=O)CNC3=O)C2)c1. The lowest BCUT2D eigenvalue weighted by atomic mass is 10.1. The van der Waals surface area contributed by atoms with Gasteiger partial charge in [0.05, 0.1) is 6.54 Å². The van der Waals surface area contributed by atoms with Crippen LogP contribution in [0.5, 0.6) is 0 Å². The maximum Gasteiger partial charge on any atom is 0.324 e. The Hall–Kier alpha value is -2.15. The summed E-state index contributed by atoms with van der Waals surface area (Å²) in [6.45, 7) is 6.71. The van der Waals surface area contributed by atoms with Crippen LogP contribution in [0.15, 0.2) is 18.3 Å². The van der Waals surface area contributed by atoms with Gasteiger partial charge in [-0.3, -0.25) is 9.69 Å². The second-order valence-corrected chi connectivity index (χ2v) is 6.61. The molecule has 7 nitrogen and oxygen atoms in total. The summed E-state index contributed by atoms with van der Waals surface area (Å²) in [7, 11) is 0. The van der Waals surface area contributed by atoms with Crippen LogP contribution in [0.25, 0.3) is 0 Å². The van der Waals surface area contributed by atoms with Gasteiger partial charge in [-0.25, -0.2) is 9.78 Å². The van der Waals surface area contributed by atoms with E-state index in [-0.39, 0.29) is 18.5 Å². The van der Waals surface area contributed by atoms with Crippen molar-refractivity contribution in [3.63, 3.8) is 0 Å². The van der Waals surface area contributed by atoms with Crippen molar-refractivity contribution in [3.8, 4) is 0 Å². The quantitative estimate of drug-likeness (QED) is 0.731. The fourth-order valence-corrected chi connectivity index (χ4v) is 3.30. The summed E-state index contributed by atoms with van der Waals surface area (Å²) in [5.74, 6) is 1.44. The third-order valence-corrected chi connectivity index (χ3v) is 4.65. The summed E-state index contributed by atoms with van der Waals surface area (Å²) in [4.78, 5) is 31.1. The van der Waals surface area contributed by atoms with Crippen molar-refractivity contribution in [1.82, 2.24) is 20.1 Å². The molecule has 1 aromatic heterocycles. The van der Waals surface area contributed by atoms with Crippen LogP contribution in [0, 0.1) is 12.8 Å². The third kappa shape index (κ3) is 4.23. The predicted molar refractivity (Wildman–Crippen MR) is 91.7 cm³/mol. The number of urea groups is 1. The number of imide groups is 1. The van der Waals surface area contributed by atoms with E-state index in [9.17, 15) is 9.59 Å². The van der Waals surface area contributed by atoms with Crippen LogP contribution in [0.2, 0.25) is 0 Å². The average molecular weight is 331 g/mol. The zero-order valence-corrected chi connectivity index (χ0v) is 14.1. The lowest BCUT2D eigenvalue weighted by Crippen LogP contribution is -2.34. The summed E-state index contributed by atoms with van der Waals surface area (Å²) in [6.07, 6.45) is 3.83. The molecule has 3 rings (SSSR count). The molecule has 0 unspecified atom stereocenters. The highest BCUT2D eigenvalue weighted by Crippen LogP contribution is 2.17.